The molecule has 2 rings (SSSR count). The number of carbonyl (C=O) groups is 1. The highest BCUT2D eigenvalue weighted by atomic mass is 16.5. The summed E-state index contributed by atoms with van der Waals surface area (Å²) in [5.74, 6) is 1.27. The first-order valence-electron chi connectivity index (χ1n) is 6.76. The van der Waals surface area contributed by atoms with Gasteiger partial charge in [-0.05, 0) is 49.9 Å². The van der Waals surface area contributed by atoms with Crippen molar-refractivity contribution in [3.05, 3.63) is 23.8 Å². The van der Waals surface area contributed by atoms with E-state index in [1.807, 2.05) is 12.1 Å². The smallest absolute Gasteiger partial charge is 0.142 e. The average molecular weight is 262 g/mol. The molecule has 4 nitrogen and oxygen atoms in total. The van der Waals surface area contributed by atoms with Crippen molar-refractivity contribution in [2.24, 2.45) is 0 Å². The molecule has 0 aliphatic carbocycles. The second-order valence-electron chi connectivity index (χ2n) is 5.23. The molecule has 1 fully saturated rings. The topological polar surface area (TPSA) is 55.6 Å². The third-order valence-electron chi connectivity index (χ3n) is 4.05. The quantitative estimate of drug-likeness (QED) is 0.666. The molecule has 0 amide bonds. The molecule has 1 aliphatic heterocycles. The molecule has 2 unspecified atom stereocenters. The normalized spacial score (nSPS) is 24.1. The number of likely N-dealkylation sites (tertiary alicyclic amines) is 1. The maximum atomic E-state index is 10.6. The van der Waals surface area contributed by atoms with Gasteiger partial charge in [-0.1, -0.05) is 6.07 Å². The van der Waals surface area contributed by atoms with E-state index in [0.717, 1.165) is 31.4 Å². The second-order valence-corrected chi connectivity index (χ2v) is 5.23. The van der Waals surface area contributed by atoms with Crippen LogP contribution in [0.5, 0.6) is 5.75 Å². The summed E-state index contributed by atoms with van der Waals surface area (Å²) in [5, 5.41) is 0. The Bertz CT molecular complexity index is 448. The van der Waals surface area contributed by atoms with E-state index in [2.05, 4.69) is 17.9 Å². The summed E-state index contributed by atoms with van der Waals surface area (Å²) in [6, 6.07) is 6.48. The Morgan fingerprint density at radius 2 is 2.32 bits per heavy atom. The zero-order valence-corrected chi connectivity index (χ0v) is 11.6. The molecule has 1 aromatic carbocycles. The van der Waals surface area contributed by atoms with Crippen molar-refractivity contribution in [1.82, 2.24) is 4.90 Å². The molecule has 1 aliphatic rings. The highest BCUT2D eigenvalue weighted by Crippen LogP contribution is 2.34. The molecule has 19 heavy (non-hydrogen) atoms. The molecule has 0 bridgehead atoms. The van der Waals surface area contributed by atoms with E-state index in [0.29, 0.717) is 24.2 Å². The van der Waals surface area contributed by atoms with Gasteiger partial charge in [0.2, 0.25) is 0 Å². The van der Waals surface area contributed by atoms with Gasteiger partial charge in [0.25, 0.3) is 0 Å². The van der Waals surface area contributed by atoms with Crippen LogP contribution in [0.15, 0.2) is 18.2 Å². The molecule has 2 N–H and O–H groups in total. The summed E-state index contributed by atoms with van der Waals surface area (Å²) in [7, 11) is 1.64. The number of methoxy groups -OCH3 is 1. The molecule has 2 atom stereocenters. The van der Waals surface area contributed by atoms with Crippen LogP contribution in [0.3, 0.4) is 0 Å². The van der Waals surface area contributed by atoms with Gasteiger partial charge in [0, 0.05) is 6.04 Å². The van der Waals surface area contributed by atoms with Crippen molar-refractivity contribution in [3.8, 4) is 5.75 Å². The minimum atomic E-state index is 0.437. The summed E-state index contributed by atoms with van der Waals surface area (Å²) >= 11 is 0. The van der Waals surface area contributed by atoms with Gasteiger partial charge in [-0.3, -0.25) is 4.90 Å². The minimum absolute atomic E-state index is 0.437. The number of aldehydes is 1. The van der Waals surface area contributed by atoms with E-state index in [-0.39, 0.29) is 0 Å². The van der Waals surface area contributed by atoms with Crippen LogP contribution in [0.2, 0.25) is 0 Å². The molecule has 104 valence electrons. The first-order chi connectivity index (χ1) is 9.15. The maximum absolute atomic E-state index is 10.6. The van der Waals surface area contributed by atoms with Crippen molar-refractivity contribution in [1.29, 1.82) is 0 Å². The number of nitrogen functional groups attached to an aromatic ring is 1. The fraction of sp³-hybridized carbons (Fsp3) is 0.533. The fourth-order valence-corrected chi connectivity index (χ4v) is 2.87. The number of piperidine rings is 1. The number of nitrogens with two attached hydrogens (primary N) is 1. The minimum Gasteiger partial charge on any atom is -0.495 e. The molecule has 1 heterocycles. The van der Waals surface area contributed by atoms with E-state index in [1.54, 1.807) is 7.11 Å². The SMILES string of the molecule is COc1cc(C2CCN(CC=O)C(C)C2)ccc1N. The first kappa shape index (κ1) is 13.9. The van der Waals surface area contributed by atoms with Crippen LogP contribution in [0.1, 0.15) is 31.2 Å². The Balaban J connectivity index is 2.09. The van der Waals surface area contributed by atoms with E-state index in [4.69, 9.17) is 10.5 Å². The van der Waals surface area contributed by atoms with Crippen LogP contribution >= 0.6 is 0 Å². The van der Waals surface area contributed by atoms with Crippen molar-refractivity contribution < 1.29 is 9.53 Å². The molecule has 0 saturated carbocycles. The number of rotatable bonds is 4. The Morgan fingerprint density at radius 1 is 1.53 bits per heavy atom. The Morgan fingerprint density at radius 3 is 2.95 bits per heavy atom. The third kappa shape index (κ3) is 3.07. The van der Waals surface area contributed by atoms with Crippen molar-refractivity contribution in [2.45, 2.75) is 31.7 Å². The zero-order valence-electron chi connectivity index (χ0n) is 11.6. The van der Waals surface area contributed by atoms with Gasteiger partial charge >= 0.3 is 0 Å². The number of ether oxygens (including phenoxy) is 1. The van der Waals surface area contributed by atoms with E-state index in [1.165, 1.54) is 5.56 Å². The standard InChI is InChI=1S/C15H22N2O2/c1-11-9-13(5-6-17(11)7-8-18)12-3-4-14(16)15(10-12)19-2/h3-4,8,10-11,13H,5-7,9,16H2,1-2H3. The number of anilines is 1. The van der Waals surface area contributed by atoms with Crippen molar-refractivity contribution in [2.75, 3.05) is 25.9 Å². The van der Waals surface area contributed by atoms with Gasteiger partial charge in [0.05, 0.1) is 19.3 Å². The monoisotopic (exact) mass is 262 g/mol. The number of hydrogen-bond donors (Lipinski definition) is 1. The summed E-state index contributed by atoms with van der Waals surface area (Å²) in [6.45, 7) is 3.69. The molecule has 0 aromatic heterocycles. The summed E-state index contributed by atoms with van der Waals surface area (Å²) in [5.41, 5.74) is 7.81. The highest BCUT2D eigenvalue weighted by molar-refractivity contribution is 5.54. The molecule has 1 aromatic rings. The van der Waals surface area contributed by atoms with E-state index in [9.17, 15) is 4.79 Å². The molecule has 1 saturated heterocycles. The Kier molecular flexibility index (Phi) is 4.43. The lowest BCUT2D eigenvalue weighted by Crippen LogP contribution is -2.41. The number of benzene rings is 1. The fourth-order valence-electron chi connectivity index (χ4n) is 2.87. The number of carbonyl (C=O) groups excluding carboxylic acids is 1. The van der Waals surface area contributed by atoms with Gasteiger partial charge < -0.3 is 15.3 Å². The van der Waals surface area contributed by atoms with Crippen molar-refractivity contribution >= 4 is 12.0 Å². The summed E-state index contributed by atoms with van der Waals surface area (Å²) < 4.78 is 5.28. The first-order valence-corrected chi connectivity index (χ1v) is 6.76. The van der Waals surface area contributed by atoms with Crippen LogP contribution < -0.4 is 10.5 Å². The van der Waals surface area contributed by atoms with Gasteiger partial charge in [0.15, 0.2) is 0 Å². The van der Waals surface area contributed by atoms with Crippen LogP contribution in [-0.4, -0.2) is 37.4 Å². The summed E-state index contributed by atoms with van der Waals surface area (Å²) in [6.07, 6.45) is 3.13. The molecule has 4 heteroatoms. The van der Waals surface area contributed by atoms with Gasteiger partial charge in [-0.15, -0.1) is 0 Å². The van der Waals surface area contributed by atoms with Crippen LogP contribution in [0, 0.1) is 0 Å². The Hall–Kier alpha value is -1.55. The highest BCUT2D eigenvalue weighted by Gasteiger charge is 2.26. The van der Waals surface area contributed by atoms with E-state index < -0.39 is 0 Å². The zero-order chi connectivity index (χ0) is 13.8. The van der Waals surface area contributed by atoms with Gasteiger partial charge in [-0.25, -0.2) is 0 Å². The lowest BCUT2D eigenvalue weighted by molar-refractivity contribution is -0.109. The predicted octanol–water partition coefficient (Wildman–Crippen LogP) is 2.04. The lowest BCUT2D eigenvalue weighted by Gasteiger charge is -2.36. The maximum Gasteiger partial charge on any atom is 0.142 e. The van der Waals surface area contributed by atoms with Gasteiger partial charge in [-0.2, -0.15) is 0 Å². The van der Waals surface area contributed by atoms with Gasteiger partial charge in [0.1, 0.15) is 12.0 Å². The largest absolute Gasteiger partial charge is 0.495 e. The van der Waals surface area contributed by atoms with Crippen LogP contribution in [0.4, 0.5) is 5.69 Å². The molecular formula is C15H22N2O2. The molecule has 0 spiro atoms. The van der Waals surface area contributed by atoms with Crippen LogP contribution in [0.25, 0.3) is 0 Å². The number of nitrogens with zero attached hydrogens (tertiary/aromatic N) is 1. The van der Waals surface area contributed by atoms with Crippen LogP contribution in [-0.2, 0) is 4.79 Å². The predicted molar refractivity (Wildman–Crippen MR) is 76.5 cm³/mol. The molecular weight excluding hydrogens is 240 g/mol. The second kappa shape index (κ2) is 6.06. The van der Waals surface area contributed by atoms with Crippen molar-refractivity contribution in [3.63, 3.8) is 0 Å². The molecule has 0 radical (unpaired) electrons. The Labute approximate surface area is 114 Å². The average Bonchev–Trinajstić information content (AvgIpc) is 2.42. The third-order valence-corrected chi connectivity index (χ3v) is 4.05. The van der Waals surface area contributed by atoms with E-state index >= 15 is 0 Å². The summed E-state index contributed by atoms with van der Waals surface area (Å²) in [4.78, 5) is 12.9. The number of hydrogen-bond acceptors (Lipinski definition) is 4. The lowest BCUT2D eigenvalue weighted by atomic mass is 9.85.